The van der Waals surface area contributed by atoms with Gasteiger partial charge in [-0.25, -0.2) is 4.98 Å². The molecule has 1 aromatic heterocycles. The summed E-state index contributed by atoms with van der Waals surface area (Å²) in [5.74, 6) is 2.81. The largest absolute Gasteiger partial charge is 0.490 e. The van der Waals surface area contributed by atoms with Gasteiger partial charge in [0.1, 0.15) is 0 Å². The Morgan fingerprint density at radius 1 is 1.29 bits per heavy atom. The Bertz CT molecular complexity index is 441. The monoisotopic (exact) mass is 289 g/mol. The smallest absolute Gasteiger partial charge is 0.171 e. The highest BCUT2D eigenvalue weighted by molar-refractivity contribution is 5.53. The highest BCUT2D eigenvalue weighted by atomic mass is 16.5. The van der Waals surface area contributed by atoms with E-state index in [2.05, 4.69) is 28.2 Å². The summed E-state index contributed by atoms with van der Waals surface area (Å²) >= 11 is 0. The summed E-state index contributed by atoms with van der Waals surface area (Å²) in [6.45, 7) is 6.36. The van der Waals surface area contributed by atoms with E-state index in [1.807, 2.05) is 12.3 Å². The number of anilines is 1. The van der Waals surface area contributed by atoms with E-state index in [9.17, 15) is 0 Å². The molecule has 3 rings (SSSR count). The third-order valence-electron chi connectivity index (χ3n) is 4.39. The number of nitrogens with zero attached hydrogens (tertiary/aromatic N) is 2. The van der Waals surface area contributed by atoms with Crippen molar-refractivity contribution in [1.29, 1.82) is 0 Å². The zero-order chi connectivity index (χ0) is 14.5. The molecule has 1 aromatic rings. The lowest BCUT2D eigenvalue weighted by Crippen LogP contribution is -2.37. The van der Waals surface area contributed by atoms with Crippen LogP contribution in [0.2, 0.25) is 0 Å². The summed E-state index contributed by atoms with van der Waals surface area (Å²) in [4.78, 5) is 7.16. The topological polar surface area (TPSA) is 37.4 Å². The van der Waals surface area contributed by atoms with Crippen molar-refractivity contribution >= 4 is 5.82 Å². The molecule has 0 spiro atoms. The summed E-state index contributed by atoms with van der Waals surface area (Å²) in [7, 11) is 0. The van der Waals surface area contributed by atoms with E-state index in [0.717, 1.165) is 50.1 Å². The van der Waals surface area contributed by atoms with E-state index in [4.69, 9.17) is 4.74 Å². The van der Waals surface area contributed by atoms with Crippen LogP contribution in [-0.4, -0.2) is 37.3 Å². The summed E-state index contributed by atoms with van der Waals surface area (Å²) in [6.07, 6.45) is 8.09. The Morgan fingerprint density at radius 3 is 2.81 bits per heavy atom. The van der Waals surface area contributed by atoms with Gasteiger partial charge in [-0.1, -0.05) is 6.92 Å². The zero-order valence-corrected chi connectivity index (χ0v) is 13.1. The Balaban J connectivity index is 1.73. The van der Waals surface area contributed by atoms with Crippen LogP contribution in [0.4, 0.5) is 5.82 Å². The molecular weight excluding hydrogens is 262 g/mol. The first-order valence-electron chi connectivity index (χ1n) is 8.43. The summed E-state index contributed by atoms with van der Waals surface area (Å²) in [5.41, 5.74) is 0. The van der Waals surface area contributed by atoms with Crippen molar-refractivity contribution < 1.29 is 4.74 Å². The highest BCUT2D eigenvalue weighted by Gasteiger charge is 2.33. The van der Waals surface area contributed by atoms with Crippen molar-refractivity contribution in [3.05, 3.63) is 18.3 Å². The van der Waals surface area contributed by atoms with E-state index in [-0.39, 0.29) is 0 Å². The lowest BCUT2D eigenvalue weighted by Gasteiger charge is -2.31. The zero-order valence-electron chi connectivity index (χ0n) is 13.1. The highest BCUT2D eigenvalue weighted by Crippen LogP contribution is 2.36. The Kier molecular flexibility index (Phi) is 4.96. The number of ether oxygens (including phenoxy) is 1. The van der Waals surface area contributed by atoms with Gasteiger partial charge in [0.25, 0.3) is 0 Å². The van der Waals surface area contributed by atoms with Gasteiger partial charge in [-0.2, -0.15) is 0 Å². The fourth-order valence-corrected chi connectivity index (χ4v) is 3.06. The molecule has 0 amide bonds. The molecule has 0 bridgehead atoms. The van der Waals surface area contributed by atoms with Crippen molar-refractivity contribution in [3.8, 4) is 5.75 Å². The van der Waals surface area contributed by atoms with Gasteiger partial charge in [0.2, 0.25) is 0 Å². The van der Waals surface area contributed by atoms with E-state index < -0.39 is 0 Å². The maximum absolute atomic E-state index is 5.92. The number of hydrogen-bond donors (Lipinski definition) is 1. The van der Waals surface area contributed by atoms with Gasteiger partial charge in [0.15, 0.2) is 11.6 Å². The van der Waals surface area contributed by atoms with Crippen molar-refractivity contribution in [2.24, 2.45) is 5.92 Å². The average Bonchev–Trinajstić information content (AvgIpc) is 3.37. The molecule has 116 valence electrons. The molecular formula is C17H27N3O. The van der Waals surface area contributed by atoms with Gasteiger partial charge in [-0.3, -0.25) is 0 Å². The van der Waals surface area contributed by atoms with Crippen molar-refractivity contribution in [2.45, 2.75) is 45.1 Å². The first kappa shape index (κ1) is 14.6. The van der Waals surface area contributed by atoms with Gasteiger partial charge in [-0.05, 0) is 63.2 Å². The van der Waals surface area contributed by atoms with Gasteiger partial charge in [-0.15, -0.1) is 0 Å². The molecule has 1 aliphatic heterocycles. The lowest BCUT2D eigenvalue weighted by atomic mass is 9.97. The molecule has 1 aliphatic carbocycles. The number of nitrogens with one attached hydrogen (secondary N) is 1. The predicted molar refractivity (Wildman–Crippen MR) is 86.0 cm³/mol. The number of pyridine rings is 1. The Hall–Kier alpha value is -1.29. The fraction of sp³-hybridized carbons (Fsp3) is 0.706. The van der Waals surface area contributed by atoms with Crippen molar-refractivity contribution in [3.63, 3.8) is 0 Å². The lowest BCUT2D eigenvalue weighted by molar-refractivity contribution is 0.314. The summed E-state index contributed by atoms with van der Waals surface area (Å²) in [6, 6.07) is 4.72. The minimum absolute atomic E-state index is 0.679. The van der Waals surface area contributed by atoms with Crippen LogP contribution in [0.1, 0.15) is 39.0 Å². The van der Waals surface area contributed by atoms with E-state index in [1.165, 1.54) is 25.7 Å². The fourth-order valence-electron chi connectivity index (χ4n) is 3.06. The molecule has 0 unspecified atom stereocenters. The molecule has 2 fully saturated rings. The molecule has 1 saturated heterocycles. The first-order chi connectivity index (χ1) is 10.4. The minimum Gasteiger partial charge on any atom is -0.490 e. The third-order valence-corrected chi connectivity index (χ3v) is 4.39. The number of rotatable bonds is 7. The van der Waals surface area contributed by atoms with Crippen LogP contribution < -0.4 is 15.0 Å². The average molecular weight is 289 g/mol. The van der Waals surface area contributed by atoms with E-state index in [1.54, 1.807) is 0 Å². The van der Waals surface area contributed by atoms with Gasteiger partial charge in [0.05, 0.1) is 6.61 Å². The molecule has 0 atom stereocenters. The first-order valence-corrected chi connectivity index (χ1v) is 8.43. The molecule has 4 heteroatoms. The molecule has 4 nitrogen and oxygen atoms in total. The molecule has 0 radical (unpaired) electrons. The Labute approximate surface area is 127 Å². The maximum atomic E-state index is 5.92. The van der Waals surface area contributed by atoms with Crippen LogP contribution in [-0.2, 0) is 0 Å². The number of hydrogen-bond acceptors (Lipinski definition) is 4. The maximum Gasteiger partial charge on any atom is 0.171 e. The predicted octanol–water partition coefficient (Wildman–Crippen LogP) is 2.84. The molecule has 2 heterocycles. The Morgan fingerprint density at radius 2 is 2.10 bits per heavy atom. The molecule has 1 saturated carbocycles. The number of aromatic nitrogens is 1. The van der Waals surface area contributed by atoms with E-state index in [0.29, 0.717) is 6.04 Å². The van der Waals surface area contributed by atoms with Gasteiger partial charge in [0, 0.05) is 18.8 Å². The van der Waals surface area contributed by atoms with Crippen LogP contribution in [0, 0.1) is 5.92 Å². The standard InChI is InChI=1S/C17H27N3O/c1-2-12-21-16-4-3-9-19-17(16)20(15-5-6-15)13-14-7-10-18-11-8-14/h3-4,9,14-15,18H,2,5-8,10-13H2,1H3. The summed E-state index contributed by atoms with van der Waals surface area (Å²) < 4.78 is 5.92. The SMILES string of the molecule is CCCOc1cccnc1N(CC1CCNCC1)C1CC1. The second kappa shape index (κ2) is 7.12. The third kappa shape index (κ3) is 3.88. The molecule has 1 N–H and O–H groups in total. The minimum atomic E-state index is 0.679. The quantitative estimate of drug-likeness (QED) is 0.837. The second-order valence-electron chi connectivity index (χ2n) is 6.25. The van der Waals surface area contributed by atoms with Crippen LogP contribution in [0.15, 0.2) is 18.3 Å². The molecule has 0 aromatic carbocycles. The number of piperidine rings is 1. The molecule has 21 heavy (non-hydrogen) atoms. The van der Waals surface area contributed by atoms with E-state index >= 15 is 0 Å². The van der Waals surface area contributed by atoms with Gasteiger partial charge < -0.3 is 15.0 Å². The van der Waals surface area contributed by atoms with Crippen molar-refractivity contribution in [1.82, 2.24) is 10.3 Å². The summed E-state index contributed by atoms with van der Waals surface area (Å²) in [5, 5.41) is 3.45. The van der Waals surface area contributed by atoms with Crippen LogP contribution >= 0.6 is 0 Å². The second-order valence-corrected chi connectivity index (χ2v) is 6.25. The van der Waals surface area contributed by atoms with Crippen LogP contribution in [0.25, 0.3) is 0 Å². The van der Waals surface area contributed by atoms with Crippen molar-refractivity contribution in [2.75, 3.05) is 31.1 Å². The van der Waals surface area contributed by atoms with Gasteiger partial charge >= 0.3 is 0 Å². The van der Waals surface area contributed by atoms with Crippen LogP contribution in [0.5, 0.6) is 5.75 Å². The normalized spacial score (nSPS) is 19.5. The van der Waals surface area contributed by atoms with Crippen LogP contribution in [0.3, 0.4) is 0 Å². The molecule has 2 aliphatic rings.